The van der Waals surface area contributed by atoms with Crippen molar-refractivity contribution in [3.05, 3.63) is 70.5 Å². The lowest BCUT2D eigenvalue weighted by Crippen LogP contribution is -2.24. The van der Waals surface area contributed by atoms with E-state index in [9.17, 15) is 9.59 Å². The zero-order valence-corrected chi connectivity index (χ0v) is 18.3. The van der Waals surface area contributed by atoms with Crippen LogP contribution in [0.5, 0.6) is 0 Å². The molecule has 2 N–H and O–H groups in total. The van der Waals surface area contributed by atoms with E-state index < -0.39 is 0 Å². The van der Waals surface area contributed by atoms with E-state index in [1.165, 1.54) is 11.8 Å². The maximum absolute atomic E-state index is 12.3. The van der Waals surface area contributed by atoms with Crippen LogP contribution in [0.15, 0.2) is 53.7 Å². The number of thioether (sulfide) groups is 1. The number of amides is 2. The van der Waals surface area contributed by atoms with Gasteiger partial charge in [-0.1, -0.05) is 41.1 Å². The molecule has 0 spiro atoms. The molecule has 0 unspecified atom stereocenters. The van der Waals surface area contributed by atoms with Crippen molar-refractivity contribution in [3.8, 4) is 0 Å². The van der Waals surface area contributed by atoms with Crippen molar-refractivity contribution in [1.29, 1.82) is 0 Å². The first-order valence-electron chi connectivity index (χ1n) is 9.41. The first-order valence-corrected chi connectivity index (χ1v) is 10.8. The second-order valence-electron chi connectivity index (χ2n) is 6.54. The number of nitrogens with zero attached hydrogens (tertiary/aromatic N) is 3. The molecule has 0 aliphatic heterocycles. The molecule has 0 aliphatic rings. The fraction of sp³-hybridized carbons (Fsp3) is 0.238. The molecule has 0 saturated heterocycles. The number of benzene rings is 2. The Morgan fingerprint density at radius 2 is 1.77 bits per heavy atom. The van der Waals surface area contributed by atoms with Gasteiger partial charge in [-0.25, -0.2) is 0 Å². The standard InChI is InChI=1S/C21H22ClN5O2S/c1-3-27-18(12-23-20(29)15-6-4-14(2)5-7-15)25-26-21(27)30-13-19(28)24-17-10-8-16(22)9-11-17/h4-11H,3,12-13H2,1-2H3,(H,23,29)(H,24,28). The summed E-state index contributed by atoms with van der Waals surface area (Å²) < 4.78 is 1.88. The maximum atomic E-state index is 12.3. The molecular weight excluding hydrogens is 422 g/mol. The number of hydrogen-bond donors (Lipinski definition) is 2. The van der Waals surface area contributed by atoms with Crippen molar-refractivity contribution in [2.24, 2.45) is 0 Å². The third kappa shape index (κ3) is 5.84. The topological polar surface area (TPSA) is 88.9 Å². The Hall–Kier alpha value is -2.84. The highest BCUT2D eigenvalue weighted by Crippen LogP contribution is 2.18. The van der Waals surface area contributed by atoms with E-state index in [1.807, 2.05) is 30.5 Å². The van der Waals surface area contributed by atoms with Gasteiger partial charge < -0.3 is 15.2 Å². The van der Waals surface area contributed by atoms with Crippen LogP contribution in [0.4, 0.5) is 5.69 Å². The lowest BCUT2D eigenvalue weighted by Gasteiger charge is -2.09. The van der Waals surface area contributed by atoms with Crippen molar-refractivity contribution in [1.82, 2.24) is 20.1 Å². The van der Waals surface area contributed by atoms with Crippen molar-refractivity contribution in [2.75, 3.05) is 11.1 Å². The summed E-state index contributed by atoms with van der Waals surface area (Å²) in [5.74, 6) is 0.509. The number of aromatic nitrogens is 3. The lowest BCUT2D eigenvalue weighted by molar-refractivity contribution is -0.113. The molecular formula is C21H22ClN5O2S. The first kappa shape index (κ1) is 21.9. The quantitative estimate of drug-likeness (QED) is 0.515. The molecule has 156 valence electrons. The van der Waals surface area contributed by atoms with Crippen LogP contribution in [0, 0.1) is 6.92 Å². The van der Waals surface area contributed by atoms with Crippen molar-refractivity contribution in [2.45, 2.75) is 32.1 Å². The Labute approximate surface area is 184 Å². The molecule has 0 fully saturated rings. The SMILES string of the molecule is CCn1c(CNC(=O)c2ccc(C)cc2)nnc1SCC(=O)Nc1ccc(Cl)cc1. The largest absolute Gasteiger partial charge is 0.345 e. The highest BCUT2D eigenvalue weighted by atomic mass is 35.5. The number of rotatable bonds is 8. The Kier molecular flexibility index (Phi) is 7.48. The van der Waals surface area contributed by atoms with Crippen LogP contribution < -0.4 is 10.6 Å². The summed E-state index contributed by atoms with van der Waals surface area (Å²) in [5.41, 5.74) is 2.37. The molecule has 0 atom stereocenters. The zero-order chi connectivity index (χ0) is 21.5. The van der Waals surface area contributed by atoms with Gasteiger partial charge in [0.15, 0.2) is 11.0 Å². The summed E-state index contributed by atoms with van der Waals surface area (Å²) >= 11 is 7.14. The predicted molar refractivity (Wildman–Crippen MR) is 119 cm³/mol. The number of nitrogens with one attached hydrogen (secondary N) is 2. The second-order valence-corrected chi connectivity index (χ2v) is 7.91. The van der Waals surface area contributed by atoms with E-state index in [0.29, 0.717) is 33.8 Å². The minimum absolute atomic E-state index is 0.151. The van der Waals surface area contributed by atoms with E-state index in [4.69, 9.17) is 11.6 Å². The van der Waals surface area contributed by atoms with Gasteiger partial charge in [0.1, 0.15) is 0 Å². The third-order valence-electron chi connectivity index (χ3n) is 4.29. The number of carbonyl (C=O) groups is 2. The zero-order valence-electron chi connectivity index (χ0n) is 16.7. The minimum Gasteiger partial charge on any atom is -0.345 e. The Balaban J connectivity index is 1.55. The maximum Gasteiger partial charge on any atom is 0.251 e. The monoisotopic (exact) mass is 443 g/mol. The average Bonchev–Trinajstić information content (AvgIpc) is 3.14. The summed E-state index contributed by atoms with van der Waals surface area (Å²) in [6.45, 7) is 4.82. The van der Waals surface area contributed by atoms with E-state index in [2.05, 4.69) is 20.8 Å². The second kappa shape index (κ2) is 10.3. The number of aryl methyl sites for hydroxylation is 1. The normalized spacial score (nSPS) is 10.6. The van der Waals surface area contributed by atoms with Crippen molar-refractivity contribution < 1.29 is 9.59 Å². The van der Waals surface area contributed by atoms with Crippen molar-refractivity contribution in [3.63, 3.8) is 0 Å². The average molecular weight is 444 g/mol. The Bertz CT molecular complexity index is 1020. The molecule has 9 heteroatoms. The fourth-order valence-corrected chi connectivity index (χ4v) is 3.65. The summed E-state index contributed by atoms with van der Waals surface area (Å²) in [6.07, 6.45) is 0. The number of anilines is 1. The molecule has 1 heterocycles. The van der Waals surface area contributed by atoms with Crippen LogP contribution in [-0.2, 0) is 17.9 Å². The summed E-state index contributed by atoms with van der Waals surface area (Å²) in [5, 5.41) is 15.3. The summed E-state index contributed by atoms with van der Waals surface area (Å²) in [7, 11) is 0. The van der Waals surface area contributed by atoms with Gasteiger partial charge in [0.2, 0.25) is 5.91 Å². The van der Waals surface area contributed by atoms with Crippen molar-refractivity contribution >= 4 is 40.9 Å². The van der Waals surface area contributed by atoms with Gasteiger partial charge in [-0.2, -0.15) is 0 Å². The number of halogens is 1. The number of hydrogen-bond acceptors (Lipinski definition) is 5. The van der Waals surface area contributed by atoms with Crippen LogP contribution in [0.1, 0.15) is 28.7 Å². The van der Waals surface area contributed by atoms with Crippen LogP contribution in [0.2, 0.25) is 5.02 Å². The molecule has 2 amide bonds. The highest BCUT2D eigenvalue weighted by molar-refractivity contribution is 7.99. The lowest BCUT2D eigenvalue weighted by atomic mass is 10.1. The van der Waals surface area contributed by atoms with Gasteiger partial charge in [0.05, 0.1) is 12.3 Å². The van der Waals surface area contributed by atoms with Gasteiger partial charge >= 0.3 is 0 Å². The van der Waals surface area contributed by atoms with Crippen LogP contribution in [0.25, 0.3) is 0 Å². The van der Waals surface area contributed by atoms with E-state index in [0.717, 1.165) is 5.56 Å². The molecule has 0 saturated carbocycles. The van der Waals surface area contributed by atoms with Gasteiger partial charge in [-0.15, -0.1) is 10.2 Å². The summed E-state index contributed by atoms with van der Waals surface area (Å²) in [6, 6.07) is 14.3. The van der Waals surface area contributed by atoms with Crippen LogP contribution in [0.3, 0.4) is 0 Å². The van der Waals surface area contributed by atoms with Crippen LogP contribution in [-0.4, -0.2) is 32.3 Å². The van der Waals surface area contributed by atoms with E-state index >= 15 is 0 Å². The molecule has 0 bridgehead atoms. The molecule has 30 heavy (non-hydrogen) atoms. The highest BCUT2D eigenvalue weighted by Gasteiger charge is 2.14. The number of carbonyl (C=O) groups excluding carboxylic acids is 2. The van der Waals surface area contributed by atoms with Crippen LogP contribution >= 0.6 is 23.4 Å². The molecule has 3 aromatic rings. The molecule has 0 radical (unpaired) electrons. The van der Waals surface area contributed by atoms with E-state index in [1.54, 1.807) is 36.4 Å². The van der Waals surface area contributed by atoms with Gasteiger partial charge in [-0.3, -0.25) is 9.59 Å². The molecule has 0 aliphatic carbocycles. The summed E-state index contributed by atoms with van der Waals surface area (Å²) in [4.78, 5) is 24.5. The smallest absolute Gasteiger partial charge is 0.251 e. The molecule has 1 aromatic heterocycles. The molecule has 7 nitrogen and oxygen atoms in total. The fourth-order valence-electron chi connectivity index (χ4n) is 2.70. The first-order chi connectivity index (χ1) is 14.5. The van der Waals surface area contributed by atoms with Gasteiger partial charge in [0.25, 0.3) is 5.91 Å². The minimum atomic E-state index is -0.169. The molecule has 3 rings (SSSR count). The predicted octanol–water partition coefficient (Wildman–Crippen LogP) is 3.92. The van der Waals surface area contributed by atoms with Gasteiger partial charge in [0, 0.05) is 22.8 Å². The van der Waals surface area contributed by atoms with E-state index in [-0.39, 0.29) is 24.1 Å². The van der Waals surface area contributed by atoms with Gasteiger partial charge in [-0.05, 0) is 50.2 Å². The third-order valence-corrected chi connectivity index (χ3v) is 5.51. The molecule has 2 aromatic carbocycles. The Morgan fingerprint density at radius 1 is 1.07 bits per heavy atom. The Morgan fingerprint density at radius 3 is 2.43 bits per heavy atom.